The van der Waals surface area contributed by atoms with Crippen molar-refractivity contribution in [2.75, 3.05) is 6.54 Å². The fraction of sp³-hybridized carbons (Fsp3) is 0.300. The van der Waals surface area contributed by atoms with E-state index in [0.29, 0.717) is 13.1 Å². The van der Waals surface area contributed by atoms with Crippen LogP contribution in [-0.2, 0) is 6.54 Å². The number of nitrogens with zero attached hydrogens (tertiary/aromatic N) is 1. The van der Waals surface area contributed by atoms with E-state index in [4.69, 9.17) is 10.2 Å². The first-order chi connectivity index (χ1) is 7.33. The molecule has 0 atom stereocenters. The first kappa shape index (κ1) is 10.2. The van der Waals surface area contributed by atoms with Gasteiger partial charge in [-0.1, -0.05) is 11.3 Å². The minimum atomic E-state index is 0.0369. The second-order valence-corrected chi connectivity index (χ2v) is 3.98. The Morgan fingerprint density at radius 3 is 3.07 bits per heavy atom. The van der Waals surface area contributed by atoms with Gasteiger partial charge >= 0.3 is 4.87 Å². The predicted octanol–water partition coefficient (Wildman–Crippen LogP) is 1.52. The summed E-state index contributed by atoms with van der Waals surface area (Å²) in [6, 6.07) is 3.66. The van der Waals surface area contributed by atoms with Crippen molar-refractivity contribution < 1.29 is 4.42 Å². The number of furan rings is 1. The zero-order valence-corrected chi connectivity index (χ0v) is 9.00. The molecule has 2 rings (SSSR count). The van der Waals surface area contributed by atoms with Gasteiger partial charge in [0.05, 0.1) is 12.0 Å². The van der Waals surface area contributed by atoms with Crippen LogP contribution in [0.1, 0.15) is 6.42 Å². The molecule has 15 heavy (non-hydrogen) atoms. The first-order valence-electron chi connectivity index (χ1n) is 4.75. The molecule has 2 N–H and O–H groups in total. The molecule has 2 aromatic heterocycles. The fourth-order valence-corrected chi connectivity index (χ4v) is 2.18. The van der Waals surface area contributed by atoms with E-state index in [1.54, 1.807) is 10.8 Å². The molecule has 4 nitrogen and oxygen atoms in total. The molecular formula is C10H12N2O2S. The highest BCUT2D eigenvalue weighted by atomic mass is 32.1. The summed E-state index contributed by atoms with van der Waals surface area (Å²) in [7, 11) is 0. The quantitative estimate of drug-likeness (QED) is 0.856. The van der Waals surface area contributed by atoms with Crippen molar-refractivity contribution in [1.82, 2.24) is 4.57 Å². The van der Waals surface area contributed by atoms with Crippen molar-refractivity contribution in [3.63, 3.8) is 0 Å². The Bertz CT molecular complexity index is 470. The maximum absolute atomic E-state index is 11.5. The molecule has 0 amide bonds. The Morgan fingerprint density at radius 1 is 1.53 bits per heavy atom. The van der Waals surface area contributed by atoms with E-state index in [1.807, 2.05) is 17.5 Å². The Labute approximate surface area is 90.9 Å². The average molecular weight is 224 g/mol. The van der Waals surface area contributed by atoms with Gasteiger partial charge in [-0.3, -0.25) is 9.36 Å². The topological polar surface area (TPSA) is 61.2 Å². The zero-order valence-electron chi connectivity index (χ0n) is 8.18. The SMILES string of the molecule is NCCCn1c(-c2ccco2)csc1=O. The highest BCUT2D eigenvalue weighted by Gasteiger charge is 2.10. The lowest BCUT2D eigenvalue weighted by Gasteiger charge is -2.03. The maximum Gasteiger partial charge on any atom is 0.307 e. The number of hydrogen-bond donors (Lipinski definition) is 1. The molecule has 80 valence electrons. The molecular weight excluding hydrogens is 212 g/mol. The maximum atomic E-state index is 11.5. The minimum Gasteiger partial charge on any atom is -0.463 e. The molecule has 0 fully saturated rings. The summed E-state index contributed by atoms with van der Waals surface area (Å²) in [6.07, 6.45) is 2.40. The molecule has 2 heterocycles. The van der Waals surface area contributed by atoms with Crippen LogP contribution in [0.15, 0.2) is 33.0 Å². The molecule has 0 spiro atoms. The number of thiazole rings is 1. The second kappa shape index (κ2) is 4.46. The van der Waals surface area contributed by atoms with Crippen molar-refractivity contribution in [2.24, 2.45) is 5.73 Å². The van der Waals surface area contributed by atoms with Crippen LogP contribution in [-0.4, -0.2) is 11.1 Å². The zero-order chi connectivity index (χ0) is 10.7. The Hall–Kier alpha value is -1.33. The average Bonchev–Trinajstić information content (AvgIpc) is 2.84. The number of nitrogens with two attached hydrogens (primary N) is 1. The second-order valence-electron chi connectivity index (χ2n) is 3.16. The summed E-state index contributed by atoms with van der Waals surface area (Å²) in [5.41, 5.74) is 6.27. The van der Waals surface area contributed by atoms with Crippen molar-refractivity contribution in [2.45, 2.75) is 13.0 Å². The Balaban J connectivity index is 2.36. The lowest BCUT2D eigenvalue weighted by Crippen LogP contribution is -2.16. The molecule has 0 aliphatic rings. The summed E-state index contributed by atoms with van der Waals surface area (Å²) in [6.45, 7) is 1.23. The third-order valence-corrected chi connectivity index (χ3v) is 2.91. The van der Waals surface area contributed by atoms with E-state index < -0.39 is 0 Å². The van der Waals surface area contributed by atoms with Crippen LogP contribution in [0.5, 0.6) is 0 Å². The third-order valence-electron chi connectivity index (χ3n) is 2.14. The summed E-state index contributed by atoms with van der Waals surface area (Å²) in [4.78, 5) is 11.6. The number of aromatic nitrogens is 1. The van der Waals surface area contributed by atoms with Gasteiger partial charge in [0.2, 0.25) is 0 Å². The van der Waals surface area contributed by atoms with Gasteiger partial charge in [-0.15, -0.1) is 0 Å². The number of hydrogen-bond acceptors (Lipinski definition) is 4. The predicted molar refractivity (Wildman–Crippen MR) is 60.0 cm³/mol. The molecule has 0 aromatic carbocycles. The van der Waals surface area contributed by atoms with E-state index >= 15 is 0 Å². The summed E-state index contributed by atoms with van der Waals surface area (Å²) < 4.78 is 6.97. The summed E-state index contributed by atoms with van der Waals surface area (Å²) in [5.74, 6) is 0.727. The largest absolute Gasteiger partial charge is 0.463 e. The lowest BCUT2D eigenvalue weighted by atomic mass is 10.3. The van der Waals surface area contributed by atoms with E-state index in [-0.39, 0.29) is 4.87 Å². The van der Waals surface area contributed by atoms with Crippen LogP contribution in [0.2, 0.25) is 0 Å². The van der Waals surface area contributed by atoms with Gasteiger partial charge in [-0.25, -0.2) is 0 Å². The highest BCUT2D eigenvalue weighted by Crippen LogP contribution is 2.20. The third kappa shape index (κ3) is 2.03. The molecule has 0 aliphatic carbocycles. The lowest BCUT2D eigenvalue weighted by molar-refractivity contribution is 0.566. The van der Waals surface area contributed by atoms with E-state index in [9.17, 15) is 4.79 Å². The van der Waals surface area contributed by atoms with Crippen molar-refractivity contribution >= 4 is 11.3 Å². The molecule has 2 aromatic rings. The molecule has 0 unspecified atom stereocenters. The Kier molecular flexibility index (Phi) is 3.03. The molecule has 0 bridgehead atoms. The van der Waals surface area contributed by atoms with E-state index in [0.717, 1.165) is 17.9 Å². The number of rotatable bonds is 4. The highest BCUT2D eigenvalue weighted by molar-refractivity contribution is 7.07. The fourth-order valence-electron chi connectivity index (χ4n) is 1.41. The molecule has 5 heteroatoms. The van der Waals surface area contributed by atoms with Crippen LogP contribution in [0.25, 0.3) is 11.5 Å². The van der Waals surface area contributed by atoms with Gasteiger partial charge in [0.25, 0.3) is 0 Å². The van der Waals surface area contributed by atoms with Crippen molar-refractivity contribution in [1.29, 1.82) is 0 Å². The van der Waals surface area contributed by atoms with Gasteiger partial charge in [-0.05, 0) is 25.1 Å². The van der Waals surface area contributed by atoms with Gasteiger partial charge < -0.3 is 10.2 Å². The molecule has 0 saturated carbocycles. The minimum absolute atomic E-state index is 0.0369. The van der Waals surface area contributed by atoms with Crippen LogP contribution < -0.4 is 10.6 Å². The van der Waals surface area contributed by atoms with Crippen LogP contribution in [0.3, 0.4) is 0 Å². The standard InChI is InChI=1S/C10H12N2O2S/c11-4-2-5-12-8(7-15-10(12)13)9-3-1-6-14-9/h1,3,6-7H,2,4-5,11H2. The molecule has 0 aliphatic heterocycles. The van der Waals surface area contributed by atoms with Gasteiger partial charge in [-0.2, -0.15) is 0 Å². The van der Waals surface area contributed by atoms with E-state index in [2.05, 4.69) is 0 Å². The van der Waals surface area contributed by atoms with Crippen LogP contribution in [0.4, 0.5) is 0 Å². The van der Waals surface area contributed by atoms with E-state index in [1.165, 1.54) is 11.3 Å². The van der Waals surface area contributed by atoms with Gasteiger partial charge in [0, 0.05) is 11.9 Å². The normalized spacial score (nSPS) is 10.7. The Morgan fingerprint density at radius 2 is 2.40 bits per heavy atom. The summed E-state index contributed by atoms with van der Waals surface area (Å²) in [5, 5.41) is 1.82. The van der Waals surface area contributed by atoms with Crippen LogP contribution >= 0.6 is 11.3 Å². The summed E-state index contributed by atoms with van der Waals surface area (Å²) >= 11 is 1.19. The smallest absolute Gasteiger partial charge is 0.307 e. The van der Waals surface area contributed by atoms with Crippen LogP contribution in [0, 0.1) is 0 Å². The monoisotopic (exact) mass is 224 g/mol. The van der Waals surface area contributed by atoms with Crippen molar-refractivity contribution in [3.8, 4) is 11.5 Å². The molecule has 0 saturated heterocycles. The molecule has 0 radical (unpaired) electrons. The first-order valence-corrected chi connectivity index (χ1v) is 5.63. The van der Waals surface area contributed by atoms with Gasteiger partial charge in [0.1, 0.15) is 0 Å². The van der Waals surface area contributed by atoms with Crippen molar-refractivity contribution in [3.05, 3.63) is 33.4 Å². The van der Waals surface area contributed by atoms with Gasteiger partial charge in [0.15, 0.2) is 5.76 Å².